The van der Waals surface area contributed by atoms with E-state index in [0.717, 1.165) is 12.1 Å². The van der Waals surface area contributed by atoms with Crippen LogP contribution in [0.5, 0.6) is 5.75 Å². The second-order valence-corrected chi connectivity index (χ2v) is 6.58. The van der Waals surface area contributed by atoms with Gasteiger partial charge in [-0.1, -0.05) is 27.7 Å². The van der Waals surface area contributed by atoms with Gasteiger partial charge in [-0.2, -0.15) is 0 Å². The van der Waals surface area contributed by atoms with Gasteiger partial charge in [0, 0.05) is 12.1 Å². The predicted octanol–water partition coefficient (Wildman–Crippen LogP) is 3.36. The summed E-state index contributed by atoms with van der Waals surface area (Å²) in [6.45, 7) is 11.5. The fraction of sp³-hybridized carbons (Fsp3) is 0.647. The Bertz CT molecular complexity index is 444. The minimum Gasteiger partial charge on any atom is -0.490 e. The standard InChI is InChI=1S/C17H28FNO2/c1-12(2)9-19-10-14-8-15(18)6-7-16(14)21-11-17(5,20)13(3)4/h6-8,12-13,19-20H,9-11H2,1-5H3. The van der Waals surface area contributed by atoms with Crippen LogP contribution in [0.4, 0.5) is 4.39 Å². The average molecular weight is 297 g/mol. The largest absolute Gasteiger partial charge is 0.490 e. The lowest BCUT2D eigenvalue weighted by Crippen LogP contribution is -2.38. The van der Waals surface area contributed by atoms with E-state index in [-0.39, 0.29) is 18.3 Å². The van der Waals surface area contributed by atoms with E-state index in [1.165, 1.54) is 12.1 Å². The number of aliphatic hydroxyl groups is 1. The molecule has 21 heavy (non-hydrogen) atoms. The van der Waals surface area contributed by atoms with Crippen molar-refractivity contribution in [2.45, 2.75) is 46.8 Å². The zero-order valence-corrected chi connectivity index (χ0v) is 13.7. The zero-order valence-electron chi connectivity index (χ0n) is 13.7. The van der Waals surface area contributed by atoms with Crippen LogP contribution in [0.1, 0.15) is 40.2 Å². The van der Waals surface area contributed by atoms with E-state index in [1.807, 2.05) is 13.8 Å². The normalized spacial score (nSPS) is 14.5. The van der Waals surface area contributed by atoms with Gasteiger partial charge in [0.15, 0.2) is 0 Å². The summed E-state index contributed by atoms with van der Waals surface area (Å²) < 4.78 is 19.1. The highest BCUT2D eigenvalue weighted by atomic mass is 19.1. The number of hydrogen-bond donors (Lipinski definition) is 2. The highest BCUT2D eigenvalue weighted by molar-refractivity contribution is 5.34. The maximum absolute atomic E-state index is 13.4. The van der Waals surface area contributed by atoms with Gasteiger partial charge in [-0.15, -0.1) is 0 Å². The molecular formula is C17H28FNO2. The average Bonchev–Trinajstić information content (AvgIpc) is 2.37. The highest BCUT2D eigenvalue weighted by Crippen LogP contribution is 2.23. The molecule has 0 fully saturated rings. The number of benzene rings is 1. The van der Waals surface area contributed by atoms with Crippen molar-refractivity contribution in [3.63, 3.8) is 0 Å². The minimum absolute atomic E-state index is 0.0838. The Morgan fingerprint density at radius 3 is 2.52 bits per heavy atom. The van der Waals surface area contributed by atoms with Crippen molar-refractivity contribution in [3.8, 4) is 5.75 Å². The van der Waals surface area contributed by atoms with Crippen molar-refractivity contribution >= 4 is 0 Å². The van der Waals surface area contributed by atoms with E-state index >= 15 is 0 Å². The fourth-order valence-electron chi connectivity index (χ4n) is 1.71. The van der Waals surface area contributed by atoms with Crippen molar-refractivity contribution in [1.29, 1.82) is 0 Å². The summed E-state index contributed by atoms with van der Waals surface area (Å²) in [6.07, 6.45) is 0. The first-order valence-electron chi connectivity index (χ1n) is 7.56. The van der Waals surface area contributed by atoms with Gasteiger partial charge in [-0.05, 0) is 43.5 Å². The second-order valence-electron chi connectivity index (χ2n) is 6.58. The third-order valence-corrected chi connectivity index (χ3v) is 3.65. The van der Waals surface area contributed by atoms with E-state index in [9.17, 15) is 9.50 Å². The number of ether oxygens (including phenoxy) is 1. The molecule has 1 rings (SSSR count). The summed E-state index contributed by atoms with van der Waals surface area (Å²) in [7, 11) is 0. The molecule has 0 aliphatic heterocycles. The van der Waals surface area contributed by atoms with Crippen LogP contribution in [0.2, 0.25) is 0 Å². The maximum atomic E-state index is 13.4. The molecule has 0 saturated heterocycles. The van der Waals surface area contributed by atoms with Crippen LogP contribution in [0.15, 0.2) is 18.2 Å². The Hall–Kier alpha value is -1.13. The molecule has 120 valence electrons. The monoisotopic (exact) mass is 297 g/mol. The van der Waals surface area contributed by atoms with Gasteiger partial charge in [0.2, 0.25) is 0 Å². The van der Waals surface area contributed by atoms with Crippen LogP contribution in [0, 0.1) is 17.7 Å². The topological polar surface area (TPSA) is 41.5 Å². The molecule has 0 bridgehead atoms. The van der Waals surface area contributed by atoms with Crippen LogP contribution in [0.3, 0.4) is 0 Å². The lowest BCUT2D eigenvalue weighted by atomic mass is 9.94. The lowest BCUT2D eigenvalue weighted by molar-refractivity contribution is -0.0269. The van der Waals surface area contributed by atoms with Crippen LogP contribution >= 0.6 is 0 Å². The first-order chi connectivity index (χ1) is 9.72. The van der Waals surface area contributed by atoms with Gasteiger partial charge in [-0.3, -0.25) is 0 Å². The van der Waals surface area contributed by atoms with Gasteiger partial charge < -0.3 is 15.2 Å². The molecule has 0 spiro atoms. The summed E-state index contributed by atoms with van der Waals surface area (Å²) in [5, 5.41) is 13.5. The predicted molar refractivity (Wildman–Crippen MR) is 83.9 cm³/mol. The quantitative estimate of drug-likeness (QED) is 0.773. The van der Waals surface area contributed by atoms with Crippen molar-refractivity contribution in [2.75, 3.05) is 13.2 Å². The minimum atomic E-state index is -0.906. The van der Waals surface area contributed by atoms with Crippen molar-refractivity contribution in [1.82, 2.24) is 5.32 Å². The molecular weight excluding hydrogens is 269 g/mol. The molecule has 0 aromatic heterocycles. The molecule has 1 atom stereocenters. The summed E-state index contributed by atoms with van der Waals surface area (Å²) >= 11 is 0. The molecule has 3 nitrogen and oxygen atoms in total. The van der Waals surface area contributed by atoms with Gasteiger partial charge in [0.25, 0.3) is 0 Å². The molecule has 0 saturated carbocycles. The van der Waals surface area contributed by atoms with E-state index < -0.39 is 5.60 Å². The first-order valence-corrected chi connectivity index (χ1v) is 7.56. The van der Waals surface area contributed by atoms with Crippen LogP contribution in [-0.2, 0) is 6.54 Å². The van der Waals surface area contributed by atoms with Crippen LogP contribution < -0.4 is 10.1 Å². The molecule has 1 unspecified atom stereocenters. The first kappa shape index (κ1) is 17.9. The highest BCUT2D eigenvalue weighted by Gasteiger charge is 2.26. The van der Waals surface area contributed by atoms with Gasteiger partial charge >= 0.3 is 0 Å². The van der Waals surface area contributed by atoms with Crippen molar-refractivity contribution in [3.05, 3.63) is 29.6 Å². The molecule has 1 aromatic rings. The van der Waals surface area contributed by atoms with E-state index in [1.54, 1.807) is 13.0 Å². The second kappa shape index (κ2) is 7.76. The lowest BCUT2D eigenvalue weighted by Gasteiger charge is -2.28. The maximum Gasteiger partial charge on any atom is 0.124 e. The summed E-state index contributed by atoms with van der Waals surface area (Å²) in [5.74, 6) is 0.956. The molecule has 4 heteroatoms. The molecule has 1 aromatic carbocycles. The number of halogens is 1. The Balaban J connectivity index is 2.72. The number of rotatable bonds is 8. The van der Waals surface area contributed by atoms with Gasteiger partial charge in [-0.25, -0.2) is 4.39 Å². The number of hydrogen-bond acceptors (Lipinski definition) is 3. The van der Waals surface area contributed by atoms with E-state index in [0.29, 0.717) is 18.2 Å². The third kappa shape index (κ3) is 6.02. The molecule has 0 aliphatic rings. The van der Waals surface area contributed by atoms with Gasteiger partial charge in [0.1, 0.15) is 18.2 Å². The third-order valence-electron chi connectivity index (χ3n) is 3.65. The fourth-order valence-corrected chi connectivity index (χ4v) is 1.71. The Kier molecular flexibility index (Phi) is 6.62. The Morgan fingerprint density at radius 2 is 1.95 bits per heavy atom. The van der Waals surface area contributed by atoms with Gasteiger partial charge in [0.05, 0.1) is 5.60 Å². The summed E-state index contributed by atoms with van der Waals surface area (Å²) in [6, 6.07) is 4.48. The Labute approximate surface area is 127 Å². The van der Waals surface area contributed by atoms with Crippen LogP contribution in [-0.4, -0.2) is 23.9 Å². The van der Waals surface area contributed by atoms with E-state index in [4.69, 9.17) is 4.74 Å². The zero-order chi connectivity index (χ0) is 16.0. The van der Waals surface area contributed by atoms with Crippen molar-refractivity contribution in [2.24, 2.45) is 11.8 Å². The molecule has 2 N–H and O–H groups in total. The number of nitrogens with one attached hydrogen (secondary N) is 1. The smallest absolute Gasteiger partial charge is 0.124 e. The summed E-state index contributed by atoms with van der Waals surface area (Å²) in [5.41, 5.74) is -0.132. The SMILES string of the molecule is CC(C)CNCc1cc(F)ccc1OCC(C)(O)C(C)C. The molecule has 0 heterocycles. The van der Waals surface area contributed by atoms with Crippen molar-refractivity contribution < 1.29 is 14.2 Å². The van der Waals surface area contributed by atoms with E-state index in [2.05, 4.69) is 19.2 Å². The molecule has 0 amide bonds. The molecule has 0 aliphatic carbocycles. The molecule has 0 radical (unpaired) electrons. The Morgan fingerprint density at radius 1 is 1.29 bits per heavy atom. The van der Waals surface area contributed by atoms with Crippen LogP contribution in [0.25, 0.3) is 0 Å². The summed E-state index contributed by atoms with van der Waals surface area (Å²) in [4.78, 5) is 0.